The Balaban J connectivity index is 1.57. The van der Waals surface area contributed by atoms with E-state index >= 15 is 0 Å². The van der Waals surface area contributed by atoms with Gasteiger partial charge in [-0.3, -0.25) is 9.78 Å². The summed E-state index contributed by atoms with van der Waals surface area (Å²) in [5, 5.41) is 4.32. The molecule has 3 rings (SSSR count). The monoisotopic (exact) mass is 411 g/mol. The van der Waals surface area contributed by atoms with Crippen molar-refractivity contribution in [1.82, 2.24) is 15.3 Å². The number of nitrogens with one attached hydrogen (secondary N) is 2. The molecule has 28 heavy (non-hydrogen) atoms. The third-order valence-electron chi connectivity index (χ3n) is 4.04. The predicted molar refractivity (Wildman–Crippen MR) is 99.4 cm³/mol. The fourth-order valence-electron chi connectivity index (χ4n) is 2.70. The van der Waals surface area contributed by atoms with Crippen molar-refractivity contribution in [2.45, 2.75) is 25.6 Å². The fourth-order valence-corrected chi connectivity index (χ4v) is 2.92. The highest BCUT2D eigenvalue weighted by Crippen LogP contribution is 2.24. The van der Waals surface area contributed by atoms with Gasteiger partial charge in [0.25, 0.3) is 0 Å². The van der Waals surface area contributed by atoms with Crippen molar-refractivity contribution in [3.05, 3.63) is 59.0 Å². The van der Waals surface area contributed by atoms with Gasteiger partial charge in [-0.2, -0.15) is 13.2 Å². The molecule has 0 bridgehead atoms. The van der Waals surface area contributed by atoms with E-state index in [0.29, 0.717) is 10.7 Å². The van der Waals surface area contributed by atoms with E-state index in [4.69, 9.17) is 11.6 Å². The van der Waals surface area contributed by atoms with Gasteiger partial charge in [0.05, 0.1) is 29.4 Å². The Labute approximate surface area is 163 Å². The fraction of sp³-hybridized carbons (Fsp3) is 0.263. The first-order valence-corrected chi connectivity index (χ1v) is 8.79. The molecule has 0 aliphatic carbocycles. The second kappa shape index (κ2) is 8.10. The summed E-state index contributed by atoms with van der Waals surface area (Å²) in [4.78, 5) is 19.4. The largest absolute Gasteiger partial charge is 0.483 e. The third kappa shape index (κ3) is 5.16. The molecule has 2 heterocycles. The van der Waals surface area contributed by atoms with Crippen LogP contribution >= 0.6 is 11.6 Å². The highest BCUT2D eigenvalue weighted by Gasteiger charge is 2.28. The zero-order valence-corrected chi connectivity index (χ0v) is 15.6. The molecule has 0 aliphatic rings. The molecule has 0 saturated carbocycles. The number of aromatic amines is 1. The van der Waals surface area contributed by atoms with Crippen LogP contribution in [0.15, 0.2) is 42.7 Å². The molecular weight excluding hydrogens is 395 g/mol. The lowest BCUT2D eigenvalue weighted by Gasteiger charge is -2.14. The van der Waals surface area contributed by atoms with Crippen LogP contribution in [0.4, 0.5) is 13.2 Å². The van der Waals surface area contributed by atoms with Gasteiger partial charge in [-0.15, -0.1) is 0 Å². The van der Waals surface area contributed by atoms with E-state index < -0.39 is 18.8 Å². The maximum absolute atomic E-state index is 12.3. The zero-order chi connectivity index (χ0) is 20.3. The third-order valence-corrected chi connectivity index (χ3v) is 4.36. The number of nitrogens with zero attached hydrogens (tertiary/aromatic N) is 1. The Morgan fingerprint density at radius 3 is 2.79 bits per heavy atom. The number of carbonyl (C=O) groups excluding carboxylic acids is 1. The van der Waals surface area contributed by atoms with Crippen molar-refractivity contribution in [2.75, 3.05) is 6.61 Å². The summed E-state index contributed by atoms with van der Waals surface area (Å²) < 4.78 is 41.1. The van der Waals surface area contributed by atoms with Crippen LogP contribution < -0.4 is 10.1 Å². The number of hydrogen-bond donors (Lipinski definition) is 2. The number of aromatic nitrogens is 2. The zero-order valence-electron chi connectivity index (χ0n) is 14.8. The van der Waals surface area contributed by atoms with Gasteiger partial charge in [0, 0.05) is 17.1 Å². The number of amides is 1. The minimum Gasteiger partial charge on any atom is -0.483 e. The second-order valence-corrected chi connectivity index (χ2v) is 6.71. The Morgan fingerprint density at radius 2 is 2.11 bits per heavy atom. The smallest absolute Gasteiger partial charge is 0.422 e. The van der Waals surface area contributed by atoms with E-state index in [1.165, 1.54) is 18.3 Å². The number of benzene rings is 1. The number of carbonyl (C=O) groups is 1. The number of alkyl halides is 3. The number of hydrogen-bond acceptors (Lipinski definition) is 3. The maximum Gasteiger partial charge on any atom is 0.422 e. The predicted octanol–water partition coefficient (Wildman–Crippen LogP) is 4.58. The lowest BCUT2D eigenvalue weighted by atomic mass is 10.1. The quantitative estimate of drug-likeness (QED) is 0.624. The van der Waals surface area contributed by atoms with Gasteiger partial charge >= 0.3 is 6.18 Å². The summed E-state index contributed by atoms with van der Waals surface area (Å²) in [6.45, 7) is 0.362. The summed E-state index contributed by atoms with van der Waals surface area (Å²) in [6, 6.07) is 8.03. The number of H-pyrrole nitrogens is 1. The molecule has 0 spiro atoms. The molecule has 148 valence electrons. The summed E-state index contributed by atoms with van der Waals surface area (Å²) in [6.07, 6.45) is -1.35. The average molecular weight is 412 g/mol. The summed E-state index contributed by atoms with van der Waals surface area (Å²) in [7, 11) is 0. The van der Waals surface area contributed by atoms with E-state index in [9.17, 15) is 18.0 Å². The molecule has 0 radical (unpaired) electrons. The molecule has 1 aromatic carbocycles. The van der Waals surface area contributed by atoms with E-state index in [-0.39, 0.29) is 18.1 Å². The number of rotatable bonds is 6. The first-order chi connectivity index (χ1) is 13.2. The molecule has 2 aromatic heterocycles. The number of halogens is 4. The maximum atomic E-state index is 12.3. The molecule has 9 heteroatoms. The van der Waals surface area contributed by atoms with Crippen molar-refractivity contribution >= 4 is 28.4 Å². The van der Waals surface area contributed by atoms with Crippen LogP contribution in [0.2, 0.25) is 5.02 Å². The lowest BCUT2D eigenvalue weighted by molar-refractivity contribution is -0.153. The van der Waals surface area contributed by atoms with Crippen LogP contribution in [0, 0.1) is 0 Å². The first-order valence-electron chi connectivity index (χ1n) is 8.41. The molecule has 5 nitrogen and oxygen atoms in total. The molecule has 0 fully saturated rings. The van der Waals surface area contributed by atoms with Crippen molar-refractivity contribution in [3.8, 4) is 5.75 Å². The van der Waals surface area contributed by atoms with Crippen LogP contribution in [0.3, 0.4) is 0 Å². The van der Waals surface area contributed by atoms with Crippen LogP contribution in [-0.4, -0.2) is 28.7 Å². The minimum absolute atomic E-state index is 0.0116. The van der Waals surface area contributed by atoms with Crippen LogP contribution in [-0.2, 0) is 11.2 Å². The highest BCUT2D eigenvalue weighted by molar-refractivity contribution is 6.35. The van der Waals surface area contributed by atoms with Crippen molar-refractivity contribution in [2.24, 2.45) is 0 Å². The Hall–Kier alpha value is -2.74. The molecule has 1 unspecified atom stereocenters. The average Bonchev–Trinajstić information content (AvgIpc) is 3.00. The topological polar surface area (TPSA) is 67.0 Å². The van der Waals surface area contributed by atoms with Crippen LogP contribution in [0.25, 0.3) is 10.9 Å². The standard InChI is InChI=1S/C19H17ClF3N3O2/c1-11(16-5-3-13(8-24-16)28-10-19(21,22)23)26-18(27)7-12-2-4-14-15(20)9-25-17(14)6-12/h2-6,8-9,11,25H,7,10H2,1H3,(H,26,27). The van der Waals surface area contributed by atoms with E-state index in [1.807, 2.05) is 18.2 Å². The molecule has 3 aromatic rings. The van der Waals surface area contributed by atoms with Crippen LogP contribution in [0.1, 0.15) is 24.2 Å². The Kier molecular flexibility index (Phi) is 5.79. The van der Waals surface area contributed by atoms with Gasteiger partial charge in [-0.25, -0.2) is 0 Å². The van der Waals surface area contributed by atoms with Gasteiger partial charge in [-0.1, -0.05) is 23.7 Å². The summed E-state index contributed by atoms with van der Waals surface area (Å²) >= 11 is 6.04. The summed E-state index contributed by atoms with van der Waals surface area (Å²) in [5.74, 6) is -0.193. The van der Waals surface area contributed by atoms with Gasteiger partial charge < -0.3 is 15.0 Å². The van der Waals surface area contributed by atoms with Gasteiger partial charge in [0.15, 0.2) is 6.61 Å². The van der Waals surface area contributed by atoms with E-state index in [0.717, 1.165) is 16.5 Å². The molecule has 1 amide bonds. The Bertz CT molecular complexity index is 971. The summed E-state index contributed by atoms with van der Waals surface area (Å²) in [5.41, 5.74) is 2.18. The molecule has 1 atom stereocenters. The van der Waals surface area contributed by atoms with E-state index in [1.54, 1.807) is 13.1 Å². The van der Waals surface area contributed by atoms with Crippen molar-refractivity contribution < 1.29 is 22.7 Å². The molecule has 0 aliphatic heterocycles. The number of fused-ring (bicyclic) bond motifs is 1. The molecule has 0 saturated heterocycles. The van der Waals surface area contributed by atoms with Crippen molar-refractivity contribution in [3.63, 3.8) is 0 Å². The first kappa shape index (κ1) is 20.0. The highest BCUT2D eigenvalue weighted by atomic mass is 35.5. The van der Waals surface area contributed by atoms with Gasteiger partial charge in [0.1, 0.15) is 5.75 Å². The Morgan fingerprint density at radius 1 is 1.32 bits per heavy atom. The lowest BCUT2D eigenvalue weighted by Crippen LogP contribution is -2.28. The normalized spacial score (nSPS) is 12.8. The van der Waals surface area contributed by atoms with E-state index in [2.05, 4.69) is 20.0 Å². The van der Waals surface area contributed by atoms with Crippen LogP contribution in [0.5, 0.6) is 5.75 Å². The SMILES string of the molecule is CC(NC(=O)Cc1ccc2c(Cl)c[nH]c2c1)c1ccc(OCC(F)(F)F)cn1. The number of ether oxygens (including phenoxy) is 1. The second-order valence-electron chi connectivity index (χ2n) is 6.31. The van der Waals surface area contributed by atoms with Gasteiger partial charge in [-0.05, 0) is 30.7 Å². The molecule has 2 N–H and O–H groups in total. The molecular formula is C19H17ClF3N3O2. The van der Waals surface area contributed by atoms with Crippen molar-refractivity contribution in [1.29, 1.82) is 0 Å². The number of pyridine rings is 1. The minimum atomic E-state index is -4.41. The van der Waals surface area contributed by atoms with Gasteiger partial charge in [0.2, 0.25) is 5.91 Å².